The molecule has 4 amide bonds. The summed E-state index contributed by atoms with van der Waals surface area (Å²) in [5, 5.41) is 8.17. The summed E-state index contributed by atoms with van der Waals surface area (Å²) in [6.07, 6.45) is 3.44. The fourth-order valence-corrected chi connectivity index (χ4v) is 4.53. The second kappa shape index (κ2) is 10.1. The summed E-state index contributed by atoms with van der Waals surface area (Å²) in [7, 11) is 0. The predicted octanol–water partition coefficient (Wildman–Crippen LogP) is 3.45. The minimum atomic E-state index is -0.712. The number of fused-ring (bicyclic) bond motifs is 1. The molecule has 0 aliphatic carbocycles. The van der Waals surface area contributed by atoms with Crippen LogP contribution < -0.4 is 20.7 Å². The highest BCUT2D eigenvalue weighted by Gasteiger charge is 2.42. The Bertz CT molecular complexity index is 1110. The van der Waals surface area contributed by atoms with Gasteiger partial charge in [-0.1, -0.05) is 19.1 Å². The normalized spacial score (nSPS) is 19.6. The molecule has 34 heavy (non-hydrogen) atoms. The molecule has 0 aromatic heterocycles. The maximum atomic E-state index is 12.5. The van der Waals surface area contributed by atoms with Gasteiger partial charge < -0.3 is 15.4 Å². The smallest absolute Gasteiger partial charge is 0.237 e. The molecule has 2 aromatic carbocycles. The minimum absolute atomic E-state index is 0.0302. The molecule has 0 radical (unpaired) electrons. The first-order valence-corrected chi connectivity index (χ1v) is 11.7. The summed E-state index contributed by atoms with van der Waals surface area (Å²) >= 11 is 0. The molecular weight excluding hydrogens is 434 g/mol. The highest BCUT2D eigenvalue weighted by molar-refractivity contribution is 6.03. The van der Waals surface area contributed by atoms with Gasteiger partial charge in [-0.3, -0.25) is 24.5 Å². The highest BCUT2D eigenvalue weighted by atomic mass is 16.5. The summed E-state index contributed by atoms with van der Waals surface area (Å²) in [6, 6.07) is 12.9. The number of rotatable bonds is 8. The van der Waals surface area contributed by atoms with Gasteiger partial charge in [0.1, 0.15) is 5.75 Å². The number of amides is 4. The van der Waals surface area contributed by atoms with Gasteiger partial charge in [-0.2, -0.15) is 0 Å². The van der Waals surface area contributed by atoms with E-state index in [2.05, 4.69) is 16.0 Å². The molecule has 0 spiro atoms. The van der Waals surface area contributed by atoms with Gasteiger partial charge in [0.05, 0.1) is 12.0 Å². The molecule has 3 N–H and O–H groups in total. The number of imide groups is 1. The summed E-state index contributed by atoms with van der Waals surface area (Å²) in [5.41, 5.74) is 2.67. The van der Waals surface area contributed by atoms with Gasteiger partial charge in [0.25, 0.3) is 0 Å². The molecule has 8 heteroatoms. The monoisotopic (exact) mass is 463 g/mol. The predicted molar refractivity (Wildman–Crippen MR) is 128 cm³/mol. The minimum Gasteiger partial charge on any atom is -0.494 e. The number of ether oxygens (including phenoxy) is 1. The summed E-state index contributed by atoms with van der Waals surface area (Å²) in [5.74, 6) is 0.149. The lowest BCUT2D eigenvalue weighted by Gasteiger charge is -2.35. The fourth-order valence-electron chi connectivity index (χ4n) is 4.53. The van der Waals surface area contributed by atoms with Crippen molar-refractivity contribution in [2.24, 2.45) is 0 Å². The topological polar surface area (TPSA) is 114 Å². The van der Waals surface area contributed by atoms with Gasteiger partial charge in [0, 0.05) is 30.6 Å². The van der Waals surface area contributed by atoms with E-state index in [1.807, 2.05) is 37.3 Å². The molecule has 1 saturated heterocycles. The first kappa shape index (κ1) is 23.5. The molecular formula is C26H29N3O5. The van der Waals surface area contributed by atoms with E-state index < -0.39 is 5.41 Å². The summed E-state index contributed by atoms with van der Waals surface area (Å²) < 4.78 is 5.77. The quantitative estimate of drug-likeness (QED) is 0.410. The van der Waals surface area contributed by atoms with E-state index in [1.54, 1.807) is 12.1 Å². The highest BCUT2D eigenvalue weighted by Crippen LogP contribution is 2.36. The Balaban J connectivity index is 1.25. The van der Waals surface area contributed by atoms with Crippen LogP contribution in [0.1, 0.15) is 56.6 Å². The molecule has 8 nitrogen and oxygen atoms in total. The Morgan fingerprint density at radius 3 is 2.50 bits per heavy atom. The largest absolute Gasteiger partial charge is 0.494 e. The second-order valence-corrected chi connectivity index (χ2v) is 8.76. The number of aryl methyl sites for hydroxylation is 1. The summed E-state index contributed by atoms with van der Waals surface area (Å²) in [6.45, 7) is 2.35. The number of anilines is 2. The lowest BCUT2D eigenvalue weighted by molar-refractivity contribution is -0.138. The Hall–Kier alpha value is -3.68. The van der Waals surface area contributed by atoms with Crippen molar-refractivity contribution in [1.29, 1.82) is 0 Å². The molecule has 1 atom stereocenters. The number of hydrogen-bond donors (Lipinski definition) is 3. The zero-order valence-corrected chi connectivity index (χ0v) is 19.2. The van der Waals surface area contributed by atoms with Gasteiger partial charge in [0.2, 0.25) is 23.6 Å². The average Bonchev–Trinajstić information content (AvgIpc) is 2.83. The number of benzene rings is 2. The standard InChI is InChI=1S/C26H29N3O5/c1-2-26(14-13-24(32)29-25(26)33)18-6-8-19(9-7-18)27-22(30)4-3-15-34-20-10-11-21-17(16-20)5-12-23(31)28-21/h6-11,16H,2-5,12-15H2,1H3,(H,27,30)(H,28,31)(H,29,32,33). The van der Waals surface area contributed by atoms with Crippen LogP contribution in [0.15, 0.2) is 42.5 Å². The maximum Gasteiger partial charge on any atom is 0.237 e. The molecule has 1 unspecified atom stereocenters. The molecule has 178 valence electrons. The maximum absolute atomic E-state index is 12.5. The number of hydrogen-bond acceptors (Lipinski definition) is 5. The van der Waals surface area contributed by atoms with Gasteiger partial charge in [0.15, 0.2) is 0 Å². The van der Waals surface area contributed by atoms with Crippen LogP contribution in [-0.2, 0) is 31.0 Å². The van der Waals surface area contributed by atoms with Crippen LogP contribution in [0, 0.1) is 0 Å². The van der Waals surface area contributed by atoms with E-state index in [0.29, 0.717) is 57.2 Å². The van der Waals surface area contributed by atoms with Crippen molar-refractivity contribution in [1.82, 2.24) is 5.32 Å². The van der Waals surface area contributed by atoms with E-state index in [-0.39, 0.29) is 23.6 Å². The fraction of sp³-hybridized carbons (Fsp3) is 0.385. The van der Waals surface area contributed by atoms with Crippen molar-refractivity contribution in [3.05, 3.63) is 53.6 Å². The third-order valence-corrected chi connectivity index (χ3v) is 6.58. The van der Waals surface area contributed by atoms with Crippen LogP contribution in [0.4, 0.5) is 11.4 Å². The SMILES string of the molecule is CCC1(c2ccc(NC(=O)CCCOc3ccc4c(c3)CCC(=O)N4)cc2)CCC(=O)NC1=O. The van der Waals surface area contributed by atoms with Gasteiger partial charge in [-0.05, 0) is 67.1 Å². The van der Waals surface area contributed by atoms with E-state index in [4.69, 9.17) is 4.74 Å². The molecule has 4 rings (SSSR count). The van der Waals surface area contributed by atoms with Gasteiger partial charge in [-0.15, -0.1) is 0 Å². The van der Waals surface area contributed by atoms with Crippen LogP contribution in [0.25, 0.3) is 0 Å². The molecule has 1 fully saturated rings. The third kappa shape index (κ3) is 5.11. The van der Waals surface area contributed by atoms with E-state index in [9.17, 15) is 19.2 Å². The molecule has 2 aliphatic heterocycles. The Labute approximate surface area is 198 Å². The van der Waals surface area contributed by atoms with E-state index >= 15 is 0 Å². The Kier molecular flexibility index (Phi) is 6.95. The van der Waals surface area contributed by atoms with E-state index in [0.717, 1.165) is 22.6 Å². The lowest BCUT2D eigenvalue weighted by atomic mass is 9.72. The second-order valence-electron chi connectivity index (χ2n) is 8.76. The van der Waals surface area contributed by atoms with E-state index in [1.165, 1.54) is 0 Å². The lowest BCUT2D eigenvalue weighted by Crippen LogP contribution is -2.51. The number of carbonyl (C=O) groups is 4. The first-order chi connectivity index (χ1) is 16.4. The number of piperidine rings is 1. The first-order valence-electron chi connectivity index (χ1n) is 11.7. The molecule has 0 bridgehead atoms. The zero-order valence-electron chi connectivity index (χ0n) is 19.2. The van der Waals surface area contributed by atoms with Crippen molar-refractivity contribution in [3.63, 3.8) is 0 Å². The van der Waals surface area contributed by atoms with Gasteiger partial charge >= 0.3 is 0 Å². The van der Waals surface area contributed by atoms with Crippen LogP contribution >= 0.6 is 0 Å². The molecule has 2 heterocycles. The average molecular weight is 464 g/mol. The van der Waals surface area contributed by atoms with Crippen molar-refractivity contribution >= 4 is 35.0 Å². The van der Waals surface area contributed by atoms with Gasteiger partial charge in [-0.25, -0.2) is 0 Å². The molecule has 2 aromatic rings. The third-order valence-electron chi connectivity index (χ3n) is 6.58. The van der Waals surface area contributed by atoms with Crippen LogP contribution in [-0.4, -0.2) is 30.2 Å². The summed E-state index contributed by atoms with van der Waals surface area (Å²) in [4.78, 5) is 47.8. The Morgan fingerprint density at radius 2 is 1.76 bits per heavy atom. The molecule has 2 aliphatic rings. The van der Waals surface area contributed by atoms with Crippen molar-refractivity contribution < 1.29 is 23.9 Å². The Morgan fingerprint density at radius 1 is 1.00 bits per heavy atom. The number of carbonyl (C=O) groups excluding carboxylic acids is 4. The zero-order chi connectivity index (χ0) is 24.1. The van der Waals surface area contributed by atoms with Crippen molar-refractivity contribution in [2.75, 3.05) is 17.2 Å². The van der Waals surface area contributed by atoms with Crippen LogP contribution in [0.3, 0.4) is 0 Å². The van der Waals surface area contributed by atoms with Crippen LogP contribution in [0.2, 0.25) is 0 Å². The van der Waals surface area contributed by atoms with Crippen LogP contribution in [0.5, 0.6) is 5.75 Å². The van der Waals surface area contributed by atoms with Crippen molar-refractivity contribution in [3.8, 4) is 5.75 Å². The number of nitrogens with one attached hydrogen (secondary N) is 3. The van der Waals surface area contributed by atoms with Crippen molar-refractivity contribution in [2.45, 2.75) is 57.3 Å². The molecule has 0 saturated carbocycles.